The Hall–Kier alpha value is -1.73. The Morgan fingerprint density at radius 1 is 1.27 bits per heavy atom. The number of nitrogens with one attached hydrogen (secondary N) is 1. The highest BCUT2D eigenvalue weighted by Gasteiger charge is 2.20. The van der Waals surface area contributed by atoms with Crippen LogP contribution in [0.4, 0.5) is 5.69 Å². The van der Waals surface area contributed by atoms with Crippen LogP contribution in [0.3, 0.4) is 0 Å². The number of hydrogen-bond donors (Lipinski definition) is 1. The Morgan fingerprint density at radius 2 is 1.95 bits per heavy atom. The number of amides is 1. The topological polar surface area (TPSA) is 59.3 Å². The molecule has 0 aliphatic carbocycles. The third kappa shape index (κ3) is 2.66. The Balaban J connectivity index is 1.94. The first-order valence-electron chi connectivity index (χ1n) is 6.88. The van der Waals surface area contributed by atoms with E-state index in [9.17, 15) is 4.79 Å². The fraction of sp³-hybridized carbons (Fsp3) is 0.267. The van der Waals surface area contributed by atoms with Crippen molar-refractivity contribution in [1.29, 1.82) is 0 Å². The van der Waals surface area contributed by atoms with Crippen LogP contribution in [-0.4, -0.2) is 20.5 Å². The van der Waals surface area contributed by atoms with Gasteiger partial charge in [0, 0.05) is 21.8 Å². The molecule has 0 saturated heterocycles. The summed E-state index contributed by atoms with van der Waals surface area (Å²) in [5, 5.41) is 11.3. The summed E-state index contributed by atoms with van der Waals surface area (Å²) in [7, 11) is 0. The second-order valence-corrected chi connectivity index (χ2v) is 7.20. The van der Waals surface area contributed by atoms with Gasteiger partial charge >= 0.3 is 0 Å². The molecule has 3 aromatic rings. The molecular formula is C15H15BrN4OS. The molecule has 0 spiro atoms. The number of nitrogens with zero attached hydrogens (tertiary/aromatic N) is 3. The van der Waals surface area contributed by atoms with E-state index in [2.05, 4.69) is 45.3 Å². The third-order valence-electron chi connectivity index (χ3n) is 3.34. The zero-order valence-electron chi connectivity index (χ0n) is 12.4. The number of anilines is 1. The molecule has 1 N–H and O–H groups in total. The van der Waals surface area contributed by atoms with Crippen LogP contribution < -0.4 is 5.32 Å². The lowest BCUT2D eigenvalue weighted by atomic mass is 10.2. The number of hydrogen-bond acceptors (Lipinski definition) is 4. The van der Waals surface area contributed by atoms with Crippen molar-refractivity contribution < 1.29 is 4.79 Å². The minimum absolute atomic E-state index is 0.120. The summed E-state index contributed by atoms with van der Waals surface area (Å²) < 4.78 is 2.94. The standard InChI is InChI=1S/C15H15BrN4OS/c1-8(2)13-18-19-15-20(13)9(3)12(22-15)14(21)17-11-6-4-10(16)5-7-11/h4-8H,1-3H3,(H,17,21). The summed E-state index contributed by atoms with van der Waals surface area (Å²) in [6.45, 7) is 6.06. The highest BCUT2D eigenvalue weighted by molar-refractivity contribution is 9.10. The van der Waals surface area contributed by atoms with Crippen molar-refractivity contribution in [3.63, 3.8) is 0 Å². The summed E-state index contributed by atoms with van der Waals surface area (Å²) in [5.41, 5.74) is 1.64. The maximum absolute atomic E-state index is 12.5. The molecule has 3 rings (SSSR count). The number of benzene rings is 1. The van der Waals surface area contributed by atoms with Crippen LogP contribution in [0.25, 0.3) is 4.96 Å². The van der Waals surface area contributed by atoms with E-state index in [1.165, 1.54) is 11.3 Å². The number of aryl methyl sites for hydroxylation is 1. The average molecular weight is 379 g/mol. The van der Waals surface area contributed by atoms with Crippen LogP contribution in [-0.2, 0) is 0 Å². The molecule has 0 aliphatic rings. The minimum Gasteiger partial charge on any atom is -0.321 e. The summed E-state index contributed by atoms with van der Waals surface area (Å²) >= 11 is 4.74. The van der Waals surface area contributed by atoms with Crippen molar-refractivity contribution in [1.82, 2.24) is 14.6 Å². The highest BCUT2D eigenvalue weighted by atomic mass is 79.9. The van der Waals surface area contributed by atoms with E-state index >= 15 is 0 Å². The van der Waals surface area contributed by atoms with Gasteiger partial charge in [-0.3, -0.25) is 9.20 Å². The van der Waals surface area contributed by atoms with E-state index in [1.54, 1.807) is 0 Å². The lowest BCUT2D eigenvalue weighted by Crippen LogP contribution is -2.12. The van der Waals surface area contributed by atoms with Gasteiger partial charge in [0.25, 0.3) is 5.91 Å². The Bertz CT molecular complexity index is 835. The molecule has 0 aliphatic heterocycles. The maximum atomic E-state index is 12.5. The zero-order valence-corrected chi connectivity index (χ0v) is 14.8. The number of halogens is 1. The number of aromatic nitrogens is 3. The van der Waals surface area contributed by atoms with Gasteiger partial charge in [-0.1, -0.05) is 41.1 Å². The van der Waals surface area contributed by atoms with Gasteiger partial charge < -0.3 is 5.32 Å². The quantitative estimate of drug-likeness (QED) is 0.741. The lowest BCUT2D eigenvalue weighted by Gasteiger charge is -2.05. The first-order valence-corrected chi connectivity index (χ1v) is 8.49. The van der Waals surface area contributed by atoms with Gasteiger partial charge in [-0.15, -0.1) is 10.2 Å². The van der Waals surface area contributed by atoms with E-state index in [4.69, 9.17) is 0 Å². The molecule has 1 aromatic carbocycles. The largest absolute Gasteiger partial charge is 0.321 e. The Labute approximate surface area is 140 Å². The molecule has 2 aromatic heterocycles. The minimum atomic E-state index is -0.120. The molecular weight excluding hydrogens is 364 g/mol. The van der Waals surface area contributed by atoms with Crippen LogP contribution in [0.2, 0.25) is 0 Å². The fourth-order valence-electron chi connectivity index (χ4n) is 2.23. The Morgan fingerprint density at radius 3 is 2.59 bits per heavy atom. The second kappa shape index (κ2) is 5.81. The molecule has 0 unspecified atom stereocenters. The smallest absolute Gasteiger partial charge is 0.267 e. The van der Waals surface area contributed by atoms with Gasteiger partial charge in [-0.25, -0.2) is 0 Å². The third-order valence-corrected chi connectivity index (χ3v) is 5.00. The fourth-order valence-corrected chi connectivity index (χ4v) is 3.47. The van der Waals surface area contributed by atoms with Gasteiger partial charge in [0.15, 0.2) is 0 Å². The van der Waals surface area contributed by atoms with Crippen LogP contribution in [0.15, 0.2) is 28.7 Å². The summed E-state index contributed by atoms with van der Waals surface area (Å²) in [6.07, 6.45) is 0. The van der Waals surface area contributed by atoms with Crippen LogP contribution in [0.5, 0.6) is 0 Å². The monoisotopic (exact) mass is 378 g/mol. The summed E-state index contributed by atoms with van der Waals surface area (Å²) in [6, 6.07) is 7.50. The molecule has 0 bridgehead atoms. The number of fused-ring (bicyclic) bond motifs is 1. The van der Waals surface area contributed by atoms with Gasteiger partial charge in [0.1, 0.15) is 10.7 Å². The van der Waals surface area contributed by atoms with Crippen LogP contribution in [0, 0.1) is 6.92 Å². The highest BCUT2D eigenvalue weighted by Crippen LogP contribution is 2.26. The van der Waals surface area contributed by atoms with Crippen molar-refractivity contribution >= 4 is 43.8 Å². The summed E-state index contributed by atoms with van der Waals surface area (Å²) in [4.78, 5) is 13.9. The molecule has 7 heteroatoms. The van der Waals surface area contributed by atoms with Crippen molar-refractivity contribution in [2.75, 3.05) is 5.32 Å². The number of rotatable bonds is 3. The molecule has 0 atom stereocenters. The van der Waals surface area contributed by atoms with Gasteiger partial charge in [0.2, 0.25) is 4.96 Å². The van der Waals surface area contributed by atoms with E-state index in [1.807, 2.05) is 35.6 Å². The molecule has 0 saturated carbocycles. The second-order valence-electron chi connectivity index (χ2n) is 5.31. The SMILES string of the molecule is Cc1c(C(=O)Nc2ccc(Br)cc2)sc2nnc(C(C)C)n12. The zero-order chi connectivity index (χ0) is 15.9. The predicted octanol–water partition coefficient (Wildman–Crippen LogP) is 4.24. The number of carbonyl (C=O) groups is 1. The van der Waals surface area contributed by atoms with Crippen LogP contribution in [0.1, 0.15) is 41.0 Å². The normalized spacial score (nSPS) is 11.3. The van der Waals surface area contributed by atoms with Crippen molar-refractivity contribution in [3.8, 4) is 0 Å². The van der Waals surface area contributed by atoms with E-state index in [0.29, 0.717) is 4.88 Å². The van der Waals surface area contributed by atoms with E-state index < -0.39 is 0 Å². The molecule has 5 nitrogen and oxygen atoms in total. The van der Waals surface area contributed by atoms with Crippen molar-refractivity contribution in [2.24, 2.45) is 0 Å². The number of thiazole rings is 1. The summed E-state index contributed by atoms with van der Waals surface area (Å²) in [5.74, 6) is 1.02. The predicted molar refractivity (Wildman–Crippen MR) is 91.8 cm³/mol. The van der Waals surface area contributed by atoms with Crippen LogP contribution >= 0.6 is 27.3 Å². The first kappa shape index (κ1) is 15.2. The molecule has 1 amide bonds. The molecule has 0 fully saturated rings. The van der Waals surface area contributed by atoms with Gasteiger partial charge in [-0.2, -0.15) is 0 Å². The van der Waals surface area contributed by atoms with Crippen molar-refractivity contribution in [2.45, 2.75) is 26.7 Å². The van der Waals surface area contributed by atoms with Gasteiger partial charge in [0.05, 0.1) is 0 Å². The Kier molecular flexibility index (Phi) is 4.01. The lowest BCUT2D eigenvalue weighted by molar-refractivity contribution is 0.102. The van der Waals surface area contributed by atoms with Gasteiger partial charge in [-0.05, 0) is 31.2 Å². The van der Waals surface area contributed by atoms with E-state index in [0.717, 1.165) is 26.6 Å². The van der Waals surface area contributed by atoms with E-state index in [-0.39, 0.29) is 11.8 Å². The molecule has 22 heavy (non-hydrogen) atoms. The van der Waals surface area contributed by atoms with Crippen molar-refractivity contribution in [3.05, 3.63) is 45.1 Å². The average Bonchev–Trinajstić information content (AvgIpc) is 3.02. The molecule has 2 heterocycles. The number of carbonyl (C=O) groups excluding carboxylic acids is 1. The molecule has 0 radical (unpaired) electrons. The first-order chi connectivity index (χ1) is 10.5. The molecule has 114 valence electrons. The maximum Gasteiger partial charge on any atom is 0.267 e.